The number of nitrogens with zero attached hydrogens (tertiary/aromatic N) is 6. The molecule has 1 aliphatic heterocycles. The Morgan fingerprint density at radius 2 is 1.75 bits per heavy atom. The Kier molecular flexibility index (Phi) is 4.69. The first-order valence-corrected chi connectivity index (χ1v) is 10.3. The van der Waals surface area contributed by atoms with Crippen LogP contribution in [0.25, 0.3) is 5.65 Å². The number of carbonyl (C=O) groups excluding carboxylic acids is 1. The van der Waals surface area contributed by atoms with Gasteiger partial charge in [0.05, 0.1) is 11.3 Å². The molecule has 2 N–H and O–H groups in total. The zero-order chi connectivity index (χ0) is 19.7. The number of primary sulfonamides is 1. The molecule has 4 rings (SSSR count). The zero-order valence-electron chi connectivity index (χ0n) is 15.0. The normalized spacial score (nSPS) is 15.2. The lowest BCUT2D eigenvalue weighted by molar-refractivity contribution is -0.130. The number of amides is 1. The van der Waals surface area contributed by atoms with E-state index in [-0.39, 0.29) is 17.2 Å². The molecule has 11 heteroatoms. The van der Waals surface area contributed by atoms with Crippen molar-refractivity contribution in [2.75, 3.05) is 31.1 Å². The summed E-state index contributed by atoms with van der Waals surface area (Å²) in [5, 5.41) is 17.3. The van der Waals surface area contributed by atoms with Gasteiger partial charge >= 0.3 is 0 Å². The number of aromatic nitrogens is 4. The third-order valence-electron chi connectivity index (χ3n) is 4.71. The number of carbonyl (C=O) groups is 1. The third-order valence-corrected chi connectivity index (χ3v) is 5.64. The maximum Gasteiger partial charge on any atom is 0.238 e. The molecule has 28 heavy (non-hydrogen) atoms. The van der Waals surface area contributed by atoms with Crippen LogP contribution < -0.4 is 10.0 Å². The lowest BCUT2D eigenvalue weighted by atomic mass is 10.1. The summed E-state index contributed by atoms with van der Waals surface area (Å²) in [6.45, 7) is 2.54. The van der Waals surface area contributed by atoms with Crippen molar-refractivity contribution >= 4 is 27.4 Å². The van der Waals surface area contributed by atoms with Crippen molar-refractivity contribution < 1.29 is 13.2 Å². The zero-order valence-corrected chi connectivity index (χ0v) is 15.8. The molecule has 0 spiro atoms. The first-order chi connectivity index (χ1) is 13.4. The van der Waals surface area contributed by atoms with Crippen molar-refractivity contribution in [3.05, 3.63) is 48.3 Å². The lowest BCUT2D eigenvalue weighted by Gasteiger charge is -2.35. The number of hydrogen-bond acceptors (Lipinski definition) is 7. The van der Waals surface area contributed by atoms with E-state index in [1.807, 2.05) is 12.1 Å². The minimum Gasteiger partial charge on any atom is -0.352 e. The SMILES string of the molecule is NS(=O)(=O)c1ccc(CC(=O)N2CCN(c3ccc4nncn4n3)CC2)cc1. The maximum absolute atomic E-state index is 12.6. The van der Waals surface area contributed by atoms with E-state index < -0.39 is 10.0 Å². The largest absolute Gasteiger partial charge is 0.352 e. The van der Waals surface area contributed by atoms with Crippen LogP contribution in [0.4, 0.5) is 5.82 Å². The Morgan fingerprint density at radius 3 is 2.43 bits per heavy atom. The van der Waals surface area contributed by atoms with Gasteiger partial charge < -0.3 is 9.80 Å². The fourth-order valence-corrected chi connectivity index (χ4v) is 3.67. The number of fused-ring (bicyclic) bond motifs is 1. The van der Waals surface area contributed by atoms with Crippen LogP contribution in [0.3, 0.4) is 0 Å². The smallest absolute Gasteiger partial charge is 0.238 e. The second-order valence-electron chi connectivity index (χ2n) is 6.56. The molecule has 0 unspecified atom stereocenters. The molecule has 3 aromatic rings. The van der Waals surface area contributed by atoms with Crippen LogP contribution in [0, 0.1) is 0 Å². The Hall–Kier alpha value is -3.05. The standard InChI is InChI=1S/C17H19N7O3S/c18-28(26,27)14-3-1-13(2-4-14)11-17(25)23-9-7-22(8-10-23)16-6-5-15-20-19-12-24(15)21-16/h1-6,12H,7-11H2,(H2,18,26,27). The first-order valence-electron chi connectivity index (χ1n) is 8.72. The summed E-state index contributed by atoms with van der Waals surface area (Å²) < 4.78 is 24.2. The monoisotopic (exact) mass is 401 g/mol. The predicted molar refractivity (Wildman–Crippen MR) is 101 cm³/mol. The number of anilines is 1. The molecule has 1 fully saturated rings. The van der Waals surface area contributed by atoms with Gasteiger partial charge in [-0.15, -0.1) is 15.3 Å². The first kappa shape index (κ1) is 18.3. The van der Waals surface area contributed by atoms with E-state index in [0.717, 1.165) is 11.4 Å². The fourth-order valence-electron chi connectivity index (χ4n) is 3.16. The average molecular weight is 401 g/mol. The quantitative estimate of drug-likeness (QED) is 0.634. The van der Waals surface area contributed by atoms with Crippen LogP contribution in [0.1, 0.15) is 5.56 Å². The van der Waals surface area contributed by atoms with Crippen LogP contribution in [-0.4, -0.2) is 65.2 Å². The number of rotatable bonds is 4. The summed E-state index contributed by atoms with van der Waals surface area (Å²) in [5.41, 5.74) is 1.44. The summed E-state index contributed by atoms with van der Waals surface area (Å²) in [6.07, 6.45) is 1.77. The molecule has 1 saturated heterocycles. The van der Waals surface area contributed by atoms with Gasteiger partial charge in [0.1, 0.15) is 12.1 Å². The highest BCUT2D eigenvalue weighted by Crippen LogP contribution is 2.15. The number of benzene rings is 1. The van der Waals surface area contributed by atoms with E-state index >= 15 is 0 Å². The molecule has 0 radical (unpaired) electrons. The predicted octanol–water partition coefficient (Wildman–Crippen LogP) is -0.337. The van der Waals surface area contributed by atoms with Crippen LogP contribution in [-0.2, 0) is 21.2 Å². The highest BCUT2D eigenvalue weighted by atomic mass is 32.2. The molecule has 1 aromatic carbocycles. The second kappa shape index (κ2) is 7.17. The third kappa shape index (κ3) is 3.80. The van der Waals surface area contributed by atoms with E-state index in [4.69, 9.17) is 5.14 Å². The van der Waals surface area contributed by atoms with Gasteiger partial charge in [0.2, 0.25) is 15.9 Å². The van der Waals surface area contributed by atoms with E-state index in [0.29, 0.717) is 31.8 Å². The van der Waals surface area contributed by atoms with Gasteiger partial charge in [0.15, 0.2) is 5.65 Å². The van der Waals surface area contributed by atoms with E-state index in [1.165, 1.54) is 12.1 Å². The highest BCUT2D eigenvalue weighted by Gasteiger charge is 2.22. The average Bonchev–Trinajstić information content (AvgIpc) is 3.15. The summed E-state index contributed by atoms with van der Waals surface area (Å²) in [7, 11) is -3.73. The number of piperazine rings is 1. The van der Waals surface area contributed by atoms with Crippen molar-refractivity contribution in [2.24, 2.45) is 5.14 Å². The maximum atomic E-state index is 12.6. The van der Waals surface area contributed by atoms with Crippen molar-refractivity contribution in [2.45, 2.75) is 11.3 Å². The van der Waals surface area contributed by atoms with E-state index in [1.54, 1.807) is 27.9 Å². The molecule has 0 atom stereocenters. The Labute approximate surface area is 161 Å². The number of sulfonamides is 1. The molecular formula is C17H19N7O3S. The van der Waals surface area contributed by atoms with Crippen LogP contribution in [0.2, 0.25) is 0 Å². The van der Waals surface area contributed by atoms with Crippen molar-refractivity contribution in [3.8, 4) is 0 Å². The molecule has 2 aromatic heterocycles. The van der Waals surface area contributed by atoms with E-state index in [2.05, 4.69) is 20.2 Å². The fraction of sp³-hybridized carbons (Fsp3) is 0.294. The van der Waals surface area contributed by atoms with Gasteiger partial charge in [-0.25, -0.2) is 13.6 Å². The van der Waals surface area contributed by atoms with Gasteiger partial charge in [-0.2, -0.15) is 4.52 Å². The highest BCUT2D eigenvalue weighted by molar-refractivity contribution is 7.89. The summed E-state index contributed by atoms with van der Waals surface area (Å²) in [5.74, 6) is 0.822. The molecule has 1 amide bonds. The van der Waals surface area contributed by atoms with Gasteiger partial charge in [-0.1, -0.05) is 12.1 Å². The summed E-state index contributed by atoms with van der Waals surface area (Å²) in [4.78, 5) is 16.5. The molecule has 3 heterocycles. The Balaban J connectivity index is 1.36. The minimum atomic E-state index is -3.73. The van der Waals surface area contributed by atoms with E-state index in [9.17, 15) is 13.2 Å². The van der Waals surface area contributed by atoms with Crippen LogP contribution >= 0.6 is 0 Å². The molecule has 0 bridgehead atoms. The number of hydrogen-bond donors (Lipinski definition) is 1. The molecule has 146 valence electrons. The van der Waals surface area contributed by atoms with Gasteiger partial charge in [0.25, 0.3) is 0 Å². The number of nitrogens with two attached hydrogens (primary N) is 1. The van der Waals surface area contributed by atoms with Crippen LogP contribution in [0.5, 0.6) is 0 Å². The van der Waals surface area contributed by atoms with Gasteiger partial charge in [-0.3, -0.25) is 4.79 Å². The Bertz CT molecular complexity index is 1100. The van der Waals surface area contributed by atoms with Crippen molar-refractivity contribution in [1.29, 1.82) is 0 Å². The molecule has 10 nitrogen and oxygen atoms in total. The van der Waals surface area contributed by atoms with Crippen molar-refractivity contribution in [1.82, 2.24) is 24.7 Å². The molecular weight excluding hydrogens is 382 g/mol. The molecule has 0 aliphatic carbocycles. The molecule has 0 saturated carbocycles. The van der Waals surface area contributed by atoms with Gasteiger partial charge in [0, 0.05) is 26.2 Å². The summed E-state index contributed by atoms with van der Waals surface area (Å²) in [6, 6.07) is 9.83. The lowest BCUT2D eigenvalue weighted by Crippen LogP contribution is -2.49. The van der Waals surface area contributed by atoms with Crippen molar-refractivity contribution in [3.63, 3.8) is 0 Å². The van der Waals surface area contributed by atoms with Crippen LogP contribution in [0.15, 0.2) is 47.6 Å². The topological polar surface area (TPSA) is 127 Å². The Morgan fingerprint density at radius 1 is 1.04 bits per heavy atom. The molecule has 1 aliphatic rings. The summed E-state index contributed by atoms with van der Waals surface area (Å²) >= 11 is 0. The van der Waals surface area contributed by atoms with Gasteiger partial charge in [-0.05, 0) is 29.8 Å². The second-order valence-corrected chi connectivity index (χ2v) is 8.12. The minimum absolute atomic E-state index is 0.00484.